The number of rotatable bonds is 30. The van der Waals surface area contributed by atoms with Crippen molar-refractivity contribution in [2.24, 2.45) is 0 Å². The van der Waals surface area contributed by atoms with Crippen molar-refractivity contribution in [1.29, 1.82) is 0 Å². The van der Waals surface area contributed by atoms with Crippen LogP contribution in [0.15, 0.2) is 24.3 Å². The molecule has 0 bridgehead atoms. The van der Waals surface area contributed by atoms with Crippen LogP contribution in [0.1, 0.15) is 143 Å². The maximum Gasteiger partial charge on any atom is 0.411 e. The van der Waals surface area contributed by atoms with E-state index in [1.165, 1.54) is 103 Å². The molecule has 0 fully saturated rings. The van der Waals surface area contributed by atoms with Crippen LogP contribution in [-0.2, 0) is 9.47 Å². The lowest BCUT2D eigenvalue weighted by molar-refractivity contribution is 0.151. The third-order valence-corrected chi connectivity index (χ3v) is 8.61. The zero-order valence-electron chi connectivity index (χ0n) is 30.2. The first-order valence-corrected chi connectivity index (χ1v) is 18.9. The van der Waals surface area contributed by atoms with E-state index in [0.29, 0.717) is 24.6 Å². The van der Waals surface area contributed by atoms with Gasteiger partial charge in [-0.15, -0.1) is 0 Å². The van der Waals surface area contributed by atoms with E-state index in [2.05, 4.69) is 48.1 Å². The van der Waals surface area contributed by atoms with Crippen LogP contribution in [0.3, 0.4) is 0 Å². The molecule has 0 saturated heterocycles. The number of nitrogens with one attached hydrogen (secondary N) is 2. The van der Waals surface area contributed by atoms with Crippen molar-refractivity contribution in [3.8, 4) is 0 Å². The van der Waals surface area contributed by atoms with Gasteiger partial charge in [0.2, 0.25) is 0 Å². The Balaban J connectivity index is 2.18. The van der Waals surface area contributed by atoms with Crippen molar-refractivity contribution in [1.82, 2.24) is 9.80 Å². The number of amides is 2. The highest BCUT2D eigenvalue weighted by atomic mass is 16.6. The second kappa shape index (κ2) is 30.0. The van der Waals surface area contributed by atoms with E-state index in [0.717, 1.165) is 52.1 Å². The Morgan fingerprint density at radius 2 is 0.870 bits per heavy atom. The average molecular weight is 647 g/mol. The summed E-state index contributed by atoms with van der Waals surface area (Å²) in [6.45, 7) is 15.7. The summed E-state index contributed by atoms with van der Waals surface area (Å²) in [5.74, 6) is 0. The van der Waals surface area contributed by atoms with Crippen molar-refractivity contribution in [3.63, 3.8) is 0 Å². The molecule has 2 amide bonds. The number of hydrogen-bond donors (Lipinski definition) is 2. The quantitative estimate of drug-likeness (QED) is 0.0809. The number of ether oxygens (including phenoxy) is 2. The molecule has 0 atom stereocenters. The summed E-state index contributed by atoms with van der Waals surface area (Å²) < 4.78 is 10.8. The molecular formula is C38H70N4O4. The molecule has 0 unspecified atom stereocenters. The van der Waals surface area contributed by atoms with Crippen LogP contribution in [0.2, 0.25) is 0 Å². The Bertz CT molecular complexity index is 804. The second-order valence-corrected chi connectivity index (χ2v) is 12.6. The highest BCUT2D eigenvalue weighted by Gasteiger charge is 2.09. The number of carbonyl (C=O) groups excluding carboxylic acids is 2. The van der Waals surface area contributed by atoms with Gasteiger partial charge in [0.05, 0.1) is 13.2 Å². The van der Waals surface area contributed by atoms with Gasteiger partial charge in [0, 0.05) is 24.5 Å². The summed E-state index contributed by atoms with van der Waals surface area (Å²) in [6.07, 6.45) is 21.9. The Morgan fingerprint density at radius 3 is 1.24 bits per heavy atom. The third kappa shape index (κ3) is 23.9. The molecule has 2 N–H and O–H groups in total. The van der Waals surface area contributed by atoms with E-state index in [1.807, 2.05) is 0 Å². The predicted molar refractivity (Wildman–Crippen MR) is 195 cm³/mol. The smallest absolute Gasteiger partial charge is 0.411 e. The number of benzene rings is 1. The SMILES string of the molecule is CCCCCCCCCCN(CC)CCCOC(=O)Nc1cccc(NC(=O)OCCCN(CC)CCCCCCCCCC)c1. The first-order valence-electron chi connectivity index (χ1n) is 18.9. The molecule has 0 radical (unpaired) electrons. The number of anilines is 2. The highest BCUT2D eigenvalue weighted by molar-refractivity contribution is 5.88. The van der Waals surface area contributed by atoms with Crippen molar-refractivity contribution in [2.75, 3.05) is 63.1 Å². The minimum atomic E-state index is -0.488. The molecule has 1 aromatic carbocycles. The Labute approximate surface area is 282 Å². The number of carbonyl (C=O) groups is 2. The summed E-state index contributed by atoms with van der Waals surface area (Å²) >= 11 is 0. The van der Waals surface area contributed by atoms with Gasteiger partial charge < -0.3 is 19.3 Å². The summed E-state index contributed by atoms with van der Waals surface area (Å²) in [7, 11) is 0. The average Bonchev–Trinajstić information content (AvgIpc) is 3.05. The van der Waals surface area contributed by atoms with Gasteiger partial charge in [0.25, 0.3) is 0 Å². The van der Waals surface area contributed by atoms with Gasteiger partial charge in [-0.1, -0.05) is 124 Å². The van der Waals surface area contributed by atoms with Gasteiger partial charge in [-0.05, 0) is 70.1 Å². The zero-order valence-corrected chi connectivity index (χ0v) is 30.2. The van der Waals surface area contributed by atoms with Crippen molar-refractivity contribution in [3.05, 3.63) is 24.3 Å². The first kappa shape index (κ1) is 41.7. The molecule has 0 heterocycles. The third-order valence-electron chi connectivity index (χ3n) is 8.61. The molecule has 0 aliphatic rings. The molecule has 0 aliphatic heterocycles. The fourth-order valence-electron chi connectivity index (χ4n) is 5.68. The van der Waals surface area contributed by atoms with E-state index < -0.39 is 12.2 Å². The normalized spacial score (nSPS) is 11.3. The van der Waals surface area contributed by atoms with Gasteiger partial charge in [0.15, 0.2) is 0 Å². The molecule has 266 valence electrons. The van der Waals surface area contributed by atoms with Crippen molar-refractivity contribution >= 4 is 23.6 Å². The predicted octanol–water partition coefficient (Wildman–Crippen LogP) is 10.5. The lowest BCUT2D eigenvalue weighted by atomic mass is 10.1. The van der Waals surface area contributed by atoms with Crippen LogP contribution < -0.4 is 10.6 Å². The van der Waals surface area contributed by atoms with Crippen molar-refractivity contribution < 1.29 is 19.1 Å². The fourth-order valence-corrected chi connectivity index (χ4v) is 5.68. The number of unbranched alkanes of at least 4 members (excludes halogenated alkanes) is 14. The molecule has 1 aromatic rings. The molecule has 0 spiro atoms. The van der Waals surface area contributed by atoms with E-state index in [-0.39, 0.29) is 0 Å². The van der Waals surface area contributed by atoms with E-state index in [4.69, 9.17) is 9.47 Å². The maximum absolute atomic E-state index is 12.3. The minimum Gasteiger partial charge on any atom is -0.449 e. The van der Waals surface area contributed by atoms with E-state index >= 15 is 0 Å². The highest BCUT2D eigenvalue weighted by Crippen LogP contribution is 2.16. The summed E-state index contributed by atoms with van der Waals surface area (Å²) in [6, 6.07) is 7.02. The van der Waals surface area contributed by atoms with Gasteiger partial charge >= 0.3 is 12.2 Å². The Kier molecular flexibility index (Phi) is 27.2. The molecule has 0 aromatic heterocycles. The molecule has 0 saturated carbocycles. The topological polar surface area (TPSA) is 83.1 Å². The van der Waals surface area contributed by atoms with Crippen LogP contribution in [0.25, 0.3) is 0 Å². The molecule has 8 heteroatoms. The standard InChI is InChI=1S/C38H70N4O4/c1-5-9-11-13-15-17-19-21-28-41(7-3)30-24-32-45-37(43)39-35-26-23-27-36(34-35)40-38(44)46-33-25-31-42(8-4)29-22-20-18-16-14-12-10-6-2/h23,26-27,34H,5-22,24-25,28-33H2,1-4H3,(H,39,43)(H,40,44). The molecule has 46 heavy (non-hydrogen) atoms. The van der Waals surface area contributed by atoms with Crippen LogP contribution in [0.4, 0.5) is 21.0 Å². The lowest BCUT2D eigenvalue weighted by Crippen LogP contribution is -2.27. The maximum atomic E-state index is 12.3. The molecular weight excluding hydrogens is 576 g/mol. The van der Waals surface area contributed by atoms with Gasteiger partial charge in [0.1, 0.15) is 0 Å². The van der Waals surface area contributed by atoms with Crippen molar-refractivity contribution in [2.45, 2.75) is 143 Å². The van der Waals surface area contributed by atoms with Gasteiger partial charge in [-0.2, -0.15) is 0 Å². The molecule has 0 aliphatic carbocycles. The van der Waals surface area contributed by atoms with Crippen LogP contribution >= 0.6 is 0 Å². The van der Waals surface area contributed by atoms with E-state index in [9.17, 15) is 9.59 Å². The molecule has 8 nitrogen and oxygen atoms in total. The first-order chi connectivity index (χ1) is 22.5. The van der Waals surface area contributed by atoms with Gasteiger partial charge in [-0.25, -0.2) is 9.59 Å². The number of hydrogen-bond acceptors (Lipinski definition) is 6. The van der Waals surface area contributed by atoms with E-state index in [1.54, 1.807) is 24.3 Å². The summed E-state index contributed by atoms with van der Waals surface area (Å²) in [4.78, 5) is 29.5. The molecule has 1 rings (SSSR count). The van der Waals surface area contributed by atoms with Crippen LogP contribution in [0, 0.1) is 0 Å². The van der Waals surface area contributed by atoms with Crippen LogP contribution in [0.5, 0.6) is 0 Å². The lowest BCUT2D eigenvalue weighted by Gasteiger charge is -2.20. The Morgan fingerprint density at radius 1 is 0.522 bits per heavy atom. The monoisotopic (exact) mass is 647 g/mol. The largest absolute Gasteiger partial charge is 0.449 e. The van der Waals surface area contributed by atoms with Crippen LogP contribution in [-0.4, -0.2) is 74.5 Å². The Hall–Kier alpha value is -2.32. The zero-order chi connectivity index (χ0) is 33.5. The fraction of sp³-hybridized carbons (Fsp3) is 0.789. The number of nitrogens with zero attached hydrogens (tertiary/aromatic N) is 2. The summed E-state index contributed by atoms with van der Waals surface area (Å²) in [5, 5.41) is 5.52. The second-order valence-electron chi connectivity index (χ2n) is 12.6. The minimum absolute atomic E-state index is 0.374. The van der Waals surface area contributed by atoms with Gasteiger partial charge in [-0.3, -0.25) is 10.6 Å². The summed E-state index contributed by atoms with van der Waals surface area (Å²) in [5.41, 5.74) is 1.12.